The second kappa shape index (κ2) is 12.2. The van der Waals surface area contributed by atoms with Crippen LogP contribution in [0.1, 0.15) is 18.4 Å². The van der Waals surface area contributed by atoms with Crippen LogP contribution in [0.3, 0.4) is 0 Å². The quantitative estimate of drug-likeness (QED) is 0.279. The fourth-order valence-electron chi connectivity index (χ4n) is 6.59. The average Bonchev–Trinajstić information content (AvgIpc) is 3.69. The maximum Gasteiger partial charge on any atom is 0.249 e. The zero-order valence-electron chi connectivity index (χ0n) is 23.8. The van der Waals surface area contributed by atoms with E-state index >= 15 is 0 Å². The highest BCUT2D eigenvalue weighted by molar-refractivity contribution is 5.90. The van der Waals surface area contributed by atoms with E-state index in [9.17, 15) is 29.4 Å². The summed E-state index contributed by atoms with van der Waals surface area (Å²) in [6.07, 6.45) is -4.45. The lowest BCUT2D eigenvalue weighted by Crippen LogP contribution is -2.64. The van der Waals surface area contributed by atoms with Crippen molar-refractivity contribution >= 4 is 23.6 Å². The van der Waals surface area contributed by atoms with E-state index in [1.165, 1.54) is 12.0 Å². The Bertz CT molecular complexity index is 1260. The minimum Gasteiger partial charge on any atom is -0.454 e. The van der Waals surface area contributed by atoms with Gasteiger partial charge in [-0.15, -0.1) is 0 Å². The van der Waals surface area contributed by atoms with Gasteiger partial charge in [0.15, 0.2) is 11.5 Å². The van der Waals surface area contributed by atoms with Gasteiger partial charge in [0.05, 0.1) is 25.1 Å². The Morgan fingerprint density at radius 1 is 1.05 bits per heavy atom. The number of carbonyl (C=O) groups is 4. The molecule has 0 spiro atoms. The summed E-state index contributed by atoms with van der Waals surface area (Å²) >= 11 is 0. The van der Waals surface area contributed by atoms with Crippen LogP contribution in [0.25, 0.3) is 0 Å². The van der Waals surface area contributed by atoms with Crippen LogP contribution in [0.15, 0.2) is 18.2 Å². The number of piperazine rings is 1. The van der Waals surface area contributed by atoms with Crippen molar-refractivity contribution in [2.24, 2.45) is 0 Å². The van der Waals surface area contributed by atoms with Crippen molar-refractivity contribution in [3.05, 3.63) is 23.8 Å². The molecule has 6 rings (SSSR count). The van der Waals surface area contributed by atoms with Gasteiger partial charge in [0, 0.05) is 45.9 Å². The van der Waals surface area contributed by atoms with Gasteiger partial charge in [-0.2, -0.15) is 0 Å². The molecule has 4 fully saturated rings. The molecule has 7 atom stereocenters. The van der Waals surface area contributed by atoms with Crippen molar-refractivity contribution in [2.75, 3.05) is 53.2 Å². The molecule has 1 aromatic carbocycles. The predicted octanol–water partition coefficient (Wildman–Crippen LogP) is -2.83. The zero-order valence-corrected chi connectivity index (χ0v) is 23.8. The lowest BCUT2D eigenvalue weighted by atomic mass is 10.0. The molecule has 0 aromatic heterocycles. The third kappa shape index (κ3) is 5.99. The number of methoxy groups -OCH3 is 1. The van der Waals surface area contributed by atoms with Crippen LogP contribution >= 0.6 is 0 Å². The molecule has 15 heteroatoms. The van der Waals surface area contributed by atoms with E-state index in [2.05, 4.69) is 10.6 Å². The van der Waals surface area contributed by atoms with Crippen LogP contribution in [0.4, 0.5) is 0 Å². The standard InChI is InChI=1S/C28H37N5O10/c1-40-13-24(35)33-5-4-31-12-18(33)27(38)29-9-22-26(37)25(36)21(43-22)8-23(34)30-16-7-17(28(31)39)32(11-16)10-15-2-3-19-20(6-15)42-14-41-19/h2-3,6,16-18,21-22,25-26,36-37H,4-5,7-14H2,1H3,(H,29,38)(H,30,34)/t16-,17-,18-,21-,22+,25-,26+/m0/s1. The van der Waals surface area contributed by atoms with Crippen LogP contribution in [0, 0.1) is 0 Å². The van der Waals surface area contributed by atoms with Crippen molar-refractivity contribution in [2.45, 2.75) is 61.9 Å². The number of rotatable bonds is 4. The van der Waals surface area contributed by atoms with Gasteiger partial charge in [-0.25, -0.2) is 0 Å². The molecule has 234 valence electrons. The average molecular weight is 604 g/mol. The Kier molecular flexibility index (Phi) is 8.42. The number of ether oxygens (including phenoxy) is 4. The predicted molar refractivity (Wildman–Crippen MR) is 146 cm³/mol. The SMILES string of the molecule is COCC(=O)N1CCN2C[C@H]1C(=O)NC[C@H]1O[C@@H](CC(=O)N[C@H]3C[C@@H](C2=O)N(Cc2ccc4c(c2)OCO4)C3)[C@H](O)[C@@H]1O. The van der Waals surface area contributed by atoms with Gasteiger partial charge in [-0.1, -0.05) is 6.07 Å². The summed E-state index contributed by atoms with van der Waals surface area (Å²) < 4.78 is 21.7. The number of fused-ring (bicyclic) bond motifs is 7. The Morgan fingerprint density at radius 2 is 1.84 bits per heavy atom. The van der Waals surface area contributed by atoms with E-state index in [1.54, 1.807) is 4.90 Å². The summed E-state index contributed by atoms with van der Waals surface area (Å²) in [5.41, 5.74) is 0.898. The largest absolute Gasteiger partial charge is 0.454 e. The van der Waals surface area contributed by atoms with E-state index in [-0.39, 0.29) is 69.8 Å². The lowest BCUT2D eigenvalue weighted by molar-refractivity contribution is -0.152. The molecular formula is C28H37N5O10. The molecule has 5 aliphatic heterocycles. The molecule has 4 N–H and O–H groups in total. The van der Waals surface area contributed by atoms with Crippen LogP contribution in [0.5, 0.6) is 11.5 Å². The van der Waals surface area contributed by atoms with Crippen LogP contribution < -0.4 is 20.1 Å². The molecule has 5 aliphatic rings. The Morgan fingerprint density at radius 3 is 2.65 bits per heavy atom. The van der Waals surface area contributed by atoms with Gasteiger partial charge in [-0.05, 0) is 24.1 Å². The summed E-state index contributed by atoms with van der Waals surface area (Å²) in [4.78, 5) is 58.3. The number of nitrogens with zero attached hydrogens (tertiary/aromatic N) is 3. The molecule has 0 aliphatic carbocycles. The van der Waals surface area contributed by atoms with Gasteiger partial charge in [0.25, 0.3) is 0 Å². The number of aliphatic hydroxyl groups excluding tert-OH is 2. The fourth-order valence-corrected chi connectivity index (χ4v) is 6.59. The monoisotopic (exact) mass is 603 g/mol. The molecule has 0 radical (unpaired) electrons. The molecule has 15 nitrogen and oxygen atoms in total. The molecule has 0 saturated carbocycles. The molecule has 4 saturated heterocycles. The normalized spacial score (nSPS) is 33.0. The summed E-state index contributed by atoms with van der Waals surface area (Å²) in [6.45, 7) is 0.865. The number of likely N-dealkylation sites (tertiary alicyclic amines) is 1. The van der Waals surface area contributed by atoms with E-state index in [1.807, 2.05) is 23.1 Å². The first-order valence-electron chi connectivity index (χ1n) is 14.5. The first-order chi connectivity index (χ1) is 20.7. The van der Waals surface area contributed by atoms with E-state index in [0.29, 0.717) is 31.0 Å². The minimum atomic E-state index is -1.33. The highest BCUT2D eigenvalue weighted by Crippen LogP contribution is 2.34. The van der Waals surface area contributed by atoms with Crippen molar-refractivity contribution in [3.8, 4) is 11.5 Å². The Balaban J connectivity index is 1.28. The zero-order chi connectivity index (χ0) is 30.2. The second-order valence-corrected chi connectivity index (χ2v) is 11.6. The number of benzene rings is 1. The highest BCUT2D eigenvalue weighted by atomic mass is 16.7. The van der Waals surface area contributed by atoms with Crippen LogP contribution in [-0.2, 0) is 35.2 Å². The topological polar surface area (TPSA) is 179 Å². The summed E-state index contributed by atoms with van der Waals surface area (Å²) in [5.74, 6) is -0.215. The number of hydrogen-bond acceptors (Lipinski definition) is 11. The van der Waals surface area contributed by atoms with E-state index in [4.69, 9.17) is 18.9 Å². The van der Waals surface area contributed by atoms with E-state index < -0.39 is 42.4 Å². The van der Waals surface area contributed by atoms with Crippen molar-refractivity contribution in [1.29, 1.82) is 0 Å². The molecule has 6 bridgehead atoms. The van der Waals surface area contributed by atoms with Gasteiger partial charge >= 0.3 is 0 Å². The summed E-state index contributed by atoms with van der Waals surface area (Å²) in [5, 5.41) is 26.8. The number of aliphatic hydroxyl groups is 2. The van der Waals surface area contributed by atoms with Crippen LogP contribution in [0.2, 0.25) is 0 Å². The minimum absolute atomic E-state index is 0.0369. The third-order valence-corrected chi connectivity index (χ3v) is 8.78. The number of carbonyl (C=O) groups excluding carboxylic acids is 4. The van der Waals surface area contributed by atoms with Crippen LogP contribution in [-0.4, -0.2) is 144 Å². The fraction of sp³-hybridized carbons (Fsp3) is 0.643. The first kappa shape index (κ1) is 29.6. The number of nitrogens with one attached hydrogen (secondary N) is 2. The first-order valence-corrected chi connectivity index (χ1v) is 14.5. The Labute approximate surface area is 247 Å². The van der Waals surface area contributed by atoms with Gasteiger partial charge in [0.2, 0.25) is 30.4 Å². The van der Waals surface area contributed by atoms with Crippen molar-refractivity contribution in [1.82, 2.24) is 25.3 Å². The highest BCUT2D eigenvalue weighted by Gasteiger charge is 2.47. The number of amides is 4. The summed E-state index contributed by atoms with van der Waals surface area (Å²) in [7, 11) is 1.39. The maximum absolute atomic E-state index is 14.1. The molecule has 1 aromatic rings. The smallest absolute Gasteiger partial charge is 0.249 e. The lowest BCUT2D eigenvalue weighted by Gasteiger charge is -2.42. The molecular weight excluding hydrogens is 566 g/mol. The van der Waals surface area contributed by atoms with E-state index in [0.717, 1.165) is 5.56 Å². The molecule has 43 heavy (non-hydrogen) atoms. The third-order valence-electron chi connectivity index (χ3n) is 8.78. The van der Waals surface area contributed by atoms with Crippen molar-refractivity contribution in [3.63, 3.8) is 0 Å². The number of hydrogen-bond donors (Lipinski definition) is 4. The molecule has 4 amide bonds. The maximum atomic E-state index is 14.1. The Hall–Kier alpha value is -3.50. The second-order valence-electron chi connectivity index (χ2n) is 11.6. The molecule has 5 heterocycles. The van der Waals surface area contributed by atoms with Crippen molar-refractivity contribution < 1.29 is 48.3 Å². The summed E-state index contributed by atoms with van der Waals surface area (Å²) in [6, 6.07) is 3.62. The van der Waals surface area contributed by atoms with Gasteiger partial charge < -0.3 is 49.6 Å². The van der Waals surface area contributed by atoms with Gasteiger partial charge in [-0.3, -0.25) is 24.1 Å². The molecule has 0 unspecified atom stereocenters. The van der Waals surface area contributed by atoms with Gasteiger partial charge in [0.1, 0.15) is 31.0 Å².